The highest BCUT2D eigenvalue weighted by molar-refractivity contribution is 5.38. The summed E-state index contributed by atoms with van der Waals surface area (Å²) in [6, 6.07) is 0.689. The highest BCUT2D eigenvalue weighted by atomic mass is 15.3. The Kier molecular flexibility index (Phi) is 2.25. The lowest BCUT2D eigenvalue weighted by molar-refractivity contribution is 0.641. The number of aromatic nitrogens is 2. The fourth-order valence-corrected chi connectivity index (χ4v) is 1.29. The predicted molar refractivity (Wildman–Crippen MR) is 53.8 cm³/mol. The van der Waals surface area contributed by atoms with E-state index in [-0.39, 0.29) is 0 Å². The van der Waals surface area contributed by atoms with Crippen molar-refractivity contribution in [3.05, 3.63) is 12.4 Å². The second kappa shape index (κ2) is 3.40. The Balaban J connectivity index is 1.89. The van der Waals surface area contributed by atoms with Gasteiger partial charge in [0.2, 0.25) is 0 Å². The average Bonchev–Trinajstić information content (AvgIpc) is 2.83. The van der Waals surface area contributed by atoms with Crippen molar-refractivity contribution in [2.24, 2.45) is 5.92 Å². The van der Waals surface area contributed by atoms with Crippen LogP contribution < -0.4 is 5.32 Å². The lowest BCUT2D eigenvalue weighted by atomic mass is 10.2. The molecule has 0 spiro atoms. The van der Waals surface area contributed by atoms with Crippen molar-refractivity contribution in [1.82, 2.24) is 9.78 Å². The van der Waals surface area contributed by atoms with Crippen LogP contribution in [0.3, 0.4) is 0 Å². The first kappa shape index (κ1) is 8.60. The fraction of sp³-hybridized carbons (Fsp3) is 0.700. The second-order valence-electron chi connectivity index (χ2n) is 4.21. The summed E-state index contributed by atoms with van der Waals surface area (Å²) in [4.78, 5) is 0. The van der Waals surface area contributed by atoms with E-state index in [2.05, 4.69) is 35.1 Å². The molecule has 0 aromatic carbocycles. The topological polar surface area (TPSA) is 29.9 Å². The van der Waals surface area contributed by atoms with Crippen LogP contribution in [0.15, 0.2) is 12.4 Å². The molecule has 1 heterocycles. The zero-order valence-electron chi connectivity index (χ0n) is 8.33. The van der Waals surface area contributed by atoms with Gasteiger partial charge in [-0.1, -0.05) is 13.8 Å². The summed E-state index contributed by atoms with van der Waals surface area (Å²) in [5, 5.41) is 7.67. The summed E-state index contributed by atoms with van der Waals surface area (Å²) in [5.41, 5.74) is 1.15. The highest BCUT2D eigenvalue weighted by Gasteiger charge is 2.23. The fourth-order valence-electron chi connectivity index (χ4n) is 1.29. The Morgan fingerprint density at radius 3 is 3.00 bits per heavy atom. The van der Waals surface area contributed by atoms with Gasteiger partial charge in [0.25, 0.3) is 0 Å². The third-order valence-electron chi connectivity index (χ3n) is 2.24. The molecule has 0 amide bonds. The van der Waals surface area contributed by atoms with E-state index in [1.54, 1.807) is 0 Å². The third kappa shape index (κ3) is 2.23. The van der Waals surface area contributed by atoms with Crippen LogP contribution in [0.25, 0.3) is 0 Å². The summed E-state index contributed by atoms with van der Waals surface area (Å²) < 4.78 is 2.07. The van der Waals surface area contributed by atoms with Gasteiger partial charge in [0.05, 0.1) is 17.9 Å². The normalized spacial score (nSPS) is 16.5. The van der Waals surface area contributed by atoms with E-state index in [9.17, 15) is 0 Å². The Morgan fingerprint density at radius 1 is 1.62 bits per heavy atom. The minimum absolute atomic E-state index is 0.685. The average molecular weight is 179 g/mol. The molecule has 1 fully saturated rings. The number of hydrogen-bond acceptors (Lipinski definition) is 2. The molecule has 1 N–H and O–H groups in total. The molecule has 1 aliphatic rings. The molecule has 1 aliphatic carbocycles. The summed E-state index contributed by atoms with van der Waals surface area (Å²) >= 11 is 0. The molecule has 72 valence electrons. The van der Waals surface area contributed by atoms with E-state index in [4.69, 9.17) is 0 Å². The maximum absolute atomic E-state index is 4.31. The summed E-state index contributed by atoms with van der Waals surface area (Å²) in [5.74, 6) is 0.685. The van der Waals surface area contributed by atoms with Crippen molar-refractivity contribution < 1.29 is 0 Å². The third-order valence-corrected chi connectivity index (χ3v) is 2.24. The first-order valence-corrected chi connectivity index (χ1v) is 5.03. The molecule has 1 aromatic rings. The largest absolute Gasteiger partial charge is 0.382 e. The molecule has 3 heteroatoms. The molecule has 0 atom stereocenters. The van der Waals surface area contributed by atoms with Gasteiger partial charge in [0, 0.05) is 12.7 Å². The smallest absolute Gasteiger partial charge is 0.0726 e. The molecule has 3 nitrogen and oxygen atoms in total. The van der Waals surface area contributed by atoms with E-state index in [1.165, 1.54) is 12.8 Å². The first-order valence-electron chi connectivity index (χ1n) is 5.03. The quantitative estimate of drug-likeness (QED) is 0.768. The van der Waals surface area contributed by atoms with Crippen LogP contribution in [0.5, 0.6) is 0 Å². The second-order valence-corrected chi connectivity index (χ2v) is 4.21. The van der Waals surface area contributed by atoms with Gasteiger partial charge in [-0.15, -0.1) is 0 Å². The number of anilines is 1. The van der Waals surface area contributed by atoms with Gasteiger partial charge in [-0.3, -0.25) is 4.68 Å². The standard InChI is InChI=1S/C10H17N3/c1-8(2)5-11-9-6-12-13(7-9)10-3-4-10/h6-8,10-11H,3-5H2,1-2H3. The molecule has 0 unspecified atom stereocenters. The maximum atomic E-state index is 4.31. The van der Waals surface area contributed by atoms with Crippen molar-refractivity contribution in [3.8, 4) is 0 Å². The van der Waals surface area contributed by atoms with E-state index in [0.29, 0.717) is 12.0 Å². The number of nitrogens with one attached hydrogen (secondary N) is 1. The summed E-state index contributed by atoms with van der Waals surface area (Å²) in [6.07, 6.45) is 6.62. The number of rotatable bonds is 4. The Hall–Kier alpha value is -0.990. The van der Waals surface area contributed by atoms with Crippen LogP contribution in [0, 0.1) is 5.92 Å². The van der Waals surface area contributed by atoms with E-state index < -0.39 is 0 Å². The van der Waals surface area contributed by atoms with Crippen molar-refractivity contribution in [3.63, 3.8) is 0 Å². The highest BCUT2D eigenvalue weighted by Crippen LogP contribution is 2.34. The zero-order valence-corrected chi connectivity index (χ0v) is 8.33. The zero-order chi connectivity index (χ0) is 9.26. The van der Waals surface area contributed by atoms with E-state index in [0.717, 1.165) is 12.2 Å². The van der Waals surface area contributed by atoms with Crippen LogP contribution in [0.1, 0.15) is 32.7 Å². The first-order chi connectivity index (χ1) is 6.25. The lowest BCUT2D eigenvalue weighted by Gasteiger charge is -2.05. The van der Waals surface area contributed by atoms with Crippen LogP contribution in [0.4, 0.5) is 5.69 Å². The molecule has 1 saturated carbocycles. The van der Waals surface area contributed by atoms with Crippen LogP contribution in [-0.4, -0.2) is 16.3 Å². The molecule has 13 heavy (non-hydrogen) atoms. The van der Waals surface area contributed by atoms with E-state index in [1.807, 2.05) is 6.20 Å². The van der Waals surface area contributed by atoms with Crippen LogP contribution in [0.2, 0.25) is 0 Å². The summed E-state index contributed by atoms with van der Waals surface area (Å²) in [6.45, 7) is 5.44. The SMILES string of the molecule is CC(C)CNc1cnn(C2CC2)c1. The predicted octanol–water partition coefficient (Wildman–Crippen LogP) is 2.29. The lowest BCUT2D eigenvalue weighted by Crippen LogP contribution is -2.07. The van der Waals surface area contributed by atoms with Crippen molar-refractivity contribution in [1.29, 1.82) is 0 Å². The van der Waals surface area contributed by atoms with Gasteiger partial charge < -0.3 is 5.32 Å². The monoisotopic (exact) mass is 179 g/mol. The summed E-state index contributed by atoms with van der Waals surface area (Å²) in [7, 11) is 0. The van der Waals surface area contributed by atoms with Gasteiger partial charge in [0.15, 0.2) is 0 Å². The molecule has 0 bridgehead atoms. The molecule has 0 radical (unpaired) electrons. The van der Waals surface area contributed by atoms with Gasteiger partial charge in [-0.2, -0.15) is 5.10 Å². The Labute approximate surface area is 79.1 Å². The van der Waals surface area contributed by atoms with Crippen molar-refractivity contribution in [2.75, 3.05) is 11.9 Å². The Morgan fingerprint density at radius 2 is 2.38 bits per heavy atom. The molecule has 0 aliphatic heterocycles. The molecular weight excluding hydrogens is 162 g/mol. The molecule has 1 aromatic heterocycles. The van der Waals surface area contributed by atoms with Gasteiger partial charge in [-0.25, -0.2) is 0 Å². The van der Waals surface area contributed by atoms with Crippen molar-refractivity contribution >= 4 is 5.69 Å². The molecular formula is C10H17N3. The van der Waals surface area contributed by atoms with Crippen molar-refractivity contribution in [2.45, 2.75) is 32.7 Å². The van der Waals surface area contributed by atoms with Crippen LogP contribution in [-0.2, 0) is 0 Å². The number of hydrogen-bond donors (Lipinski definition) is 1. The minimum Gasteiger partial charge on any atom is -0.382 e. The maximum Gasteiger partial charge on any atom is 0.0726 e. The minimum atomic E-state index is 0.685. The molecule has 0 saturated heterocycles. The van der Waals surface area contributed by atoms with Gasteiger partial charge >= 0.3 is 0 Å². The van der Waals surface area contributed by atoms with Crippen LogP contribution >= 0.6 is 0 Å². The molecule has 2 rings (SSSR count). The van der Waals surface area contributed by atoms with Gasteiger partial charge in [-0.05, 0) is 18.8 Å². The van der Waals surface area contributed by atoms with E-state index >= 15 is 0 Å². The Bertz CT molecular complexity index is 273. The van der Waals surface area contributed by atoms with Gasteiger partial charge in [0.1, 0.15) is 0 Å². The number of nitrogens with zero attached hydrogens (tertiary/aromatic N) is 2.